The second kappa shape index (κ2) is 6.17. The summed E-state index contributed by atoms with van der Waals surface area (Å²) in [5.41, 5.74) is 2.97. The molecular weight excluding hydrogens is 284 g/mol. The predicted octanol–water partition coefficient (Wildman–Crippen LogP) is 3.09. The van der Waals surface area contributed by atoms with Crippen molar-refractivity contribution < 1.29 is 18.8 Å². The summed E-state index contributed by atoms with van der Waals surface area (Å²) in [6.07, 6.45) is 0. The van der Waals surface area contributed by atoms with Crippen LogP contribution in [0.4, 0.5) is 0 Å². The molecule has 0 aliphatic carbocycles. The van der Waals surface area contributed by atoms with Gasteiger partial charge in [0.05, 0.1) is 5.69 Å². The van der Waals surface area contributed by atoms with Crippen LogP contribution in [-0.2, 0) is 4.74 Å². The normalized spacial score (nSPS) is 11.0. The molecule has 2 aromatic heterocycles. The molecule has 0 aliphatic heterocycles. The van der Waals surface area contributed by atoms with Crippen LogP contribution in [0.5, 0.6) is 0 Å². The number of aryl methyl sites for hydroxylation is 3. The second-order valence-electron chi connectivity index (χ2n) is 5.65. The summed E-state index contributed by atoms with van der Waals surface area (Å²) in [6.45, 7) is 8.84. The molecule has 0 amide bonds. The highest BCUT2D eigenvalue weighted by molar-refractivity contribution is 6.00. The molecule has 0 saturated carbocycles. The van der Waals surface area contributed by atoms with E-state index in [0.29, 0.717) is 22.6 Å². The van der Waals surface area contributed by atoms with Crippen molar-refractivity contribution in [3.8, 4) is 0 Å². The molecule has 0 aliphatic rings. The third-order valence-electron chi connectivity index (χ3n) is 3.40. The number of rotatable bonds is 5. The SMILES string of the molecule is Cc1cc(C(=O)COC(=O)c2c(C)noc2C(C)C)c(C)[nH]1. The Bertz CT molecular complexity index is 710. The van der Waals surface area contributed by atoms with E-state index in [2.05, 4.69) is 10.1 Å². The van der Waals surface area contributed by atoms with Crippen molar-refractivity contribution >= 4 is 11.8 Å². The lowest BCUT2D eigenvalue weighted by atomic mass is 10.1. The molecule has 0 aromatic carbocycles. The minimum atomic E-state index is -0.583. The minimum Gasteiger partial charge on any atom is -0.454 e. The summed E-state index contributed by atoms with van der Waals surface area (Å²) in [5.74, 6) is -0.339. The maximum absolute atomic E-state index is 12.2. The number of carbonyl (C=O) groups is 2. The van der Waals surface area contributed by atoms with Gasteiger partial charge in [-0.3, -0.25) is 4.79 Å². The topological polar surface area (TPSA) is 85.2 Å². The molecule has 118 valence electrons. The van der Waals surface area contributed by atoms with Crippen molar-refractivity contribution in [1.82, 2.24) is 10.1 Å². The zero-order chi connectivity index (χ0) is 16.4. The molecule has 1 N–H and O–H groups in total. The van der Waals surface area contributed by atoms with Crippen LogP contribution in [0.2, 0.25) is 0 Å². The van der Waals surface area contributed by atoms with Crippen LogP contribution in [0, 0.1) is 20.8 Å². The lowest BCUT2D eigenvalue weighted by Gasteiger charge is -2.06. The monoisotopic (exact) mass is 304 g/mol. The van der Waals surface area contributed by atoms with Gasteiger partial charge < -0.3 is 14.2 Å². The number of aromatic nitrogens is 2. The van der Waals surface area contributed by atoms with Crippen molar-refractivity contribution in [2.45, 2.75) is 40.5 Å². The molecule has 0 atom stereocenters. The maximum Gasteiger partial charge on any atom is 0.344 e. The number of nitrogens with one attached hydrogen (secondary N) is 1. The average Bonchev–Trinajstić information content (AvgIpc) is 2.98. The highest BCUT2D eigenvalue weighted by atomic mass is 16.5. The van der Waals surface area contributed by atoms with E-state index in [1.807, 2.05) is 27.7 Å². The first-order valence-corrected chi connectivity index (χ1v) is 7.14. The van der Waals surface area contributed by atoms with Gasteiger partial charge in [-0.1, -0.05) is 19.0 Å². The van der Waals surface area contributed by atoms with Gasteiger partial charge in [-0.2, -0.15) is 0 Å². The lowest BCUT2D eigenvalue weighted by molar-refractivity contribution is 0.0471. The van der Waals surface area contributed by atoms with Gasteiger partial charge in [0.25, 0.3) is 0 Å². The lowest BCUT2D eigenvalue weighted by Crippen LogP contribution is -2.16. The third-order valence-corrected chi connectivity index (χ3v) is 3.40. The molecule has 2 aromatic rings. The molecule has 2 heterocycles. The Morgan fingerprint density at radius 1 is 1.32 bits per heavy atom. The molecule has 22 heavy (non-hydrogen) atoms. The molecule has 0 spiro atoms. The predicted molar refractivity (Wildman–Crippen MR) is 80.2 cm³/mol. The van der Waals surface area contributed by atoms with Crippen molar-refractivity contribution in [1.29, 1.82) is 0 Å². The number of H-pyrrole nitrogens is 1. The Labute approximate surface area is 128 Å². The number of ether oxygens (including phenoxy) is 1. The molecule has 6 nitrogen and oxygen atoms in total. The van der Waals surface area contributed by atoms with Gasteiger partial charge in [0.15, 0.2) is 12.4 Å². The zero-order valence-electron chi connectivity index (χ0n) is 13.4. The largest absolute Gasteiger partial charge is 0.454 e. The number of aromatic amines is 1. The van der Waals surface area contributed by atoms with Crippen LogP contribution in [0.25, 0.3) is 0 Å². The van der Waals surface area contributed by atoms with E-state index in [0.717, 1.165) is 11.4 Å². The fourth-order valence-electron chi connectivity index (χ4n) is 2.32. The van der Waals surface area contributed by atoms with Crippen molar-refractivity contribution in [2.24, 2.45) is 0 Å². The Kier molecular flexibility index (Phi) is 4.49. The Morgan fingerprint density at radius 2 is 2.00 bits per heavy atom. The number of Topliss-reactive ketones (excluding diaryl/α,β-unsaturated/α-hetero) is 1. The molecule has 6 heteroatoms. The summed E-state index contributed by atoms with van der Waals surface area (Å²) in [5, 5.41) is 3.80. The van der Waals surface area contributed by atoms with Crippen molar-refractivity contribution in [2.75, 3.05) is 6.61 Å². The first kappa shape index (κ1) is 16.0. The summed E-state index contributed by atoms with van der Waals surface area (Å²) in [7, 11) is 0. The van der Waals surface area contributed by atoms with Crippen LogP contribution in [-0.4, -0.2) is 28.5 Å². The van der Waals surface area contributed by atoms with Gasteiger partial charge in [-0.15, -0.1) is 0 Å². The summed E-state index contributed by atoms with van der Waals surface area (Å²) in [6, 6.07) is 1.75. The van der Waals surface area contributed by atoms with Gasteiger partial charge in [-0.05, 0) is 26.8 Å². The fourth-order valence-corrected chi connectivity index (χ4v) is 2.32. The van der Waals surface area contributed by atoms with Gasteiger partial charge in [0, 0.05) is 22.9 Å². The highest BCUT2D eigenvalue weighted by Gasteiger charge is 2.24. The van der Waals surface area contributed by atoms with E-state index < -0.39 is 5.97 Å². The van der Waals surface area contributed by atoms with E-state index in [1.54, 1.807) is 13.0 Å². The number of hydrogen-bond donors (Lipinski definition) is 1. The van der Waals surface area contributed by atoms with Gasteiger partial charge in [0.2, 0.25) is 5.78 Å². The third kappa shape index (κ3) is 3.10. The van der Waals surface area contributed by atoms with Crippen molar-refractivity contribution in [3.63, 3.8) is 0 Å². The number of ketones is 1. The van der Waals surface area contributed by atoms with Crippen LogP contribution in [0.1, 0.15) is 63.3 Å². The Morgan fingerprint density at radius 3 is 2.55 bits per heavy atom. The van der Waals surface area contributed by atoms with Crippen molar-refractivity contribution in [3.05, 3.63) is 40.0 Å². The number of hydrogen-bond acceptors (Lipinski definition) is 5. The highest BCUT2D eigenvalue weighted by Crippen LogP contribution is 2.23. The minimum absolute atomic E-state index is 0.00835. The van der Waals surface area contributed by atoms with Gasteiger partial charge in [0.1, 0.15) is 5.56 Å². The maximum atomic E-state index is 12.2. The fraction of sp³-hybridized carbons (Fsp3) is 0.438. The smallest absolute Gasteiger partial charge is 0.344 e. The number of esters is 1. The quantitative estimate of drug-likeness (QED) is 0.677. The average molecular weight is 304 g/mol. The van der Waals surface area contributed by atoms with Crippen LogP contribution in [0.15, 0.2) is 10.6 Å². The Balaban J connectivity index is 2.09. The molecule has 0 unspecified atom stereocenters. The van der Waals surface area contributed by atoms with Crippen LogP contribution >= 0.6 is 0 Å². The van der Waals surface area contributed by atoms with Gasteiger partial charge >= 0.3 is 5.97 Å². The standard InChI is InChI=1S/C16H20N2O4/c1-8(2)15-14(11(5)18-22-15)16(20)21-7-13(19)12-6-9(3)17-10(12)4/h6,8,17H,7H2,1-5H3. The molecule has 2 rings (SSSR count). The summed E-state index contributed by atoms with van der Waals surface area (Å²) in [4.78, 5) is 27.4. The zero-order valence-corrected chi connectivity index (χ0v) is 13.4. The van der Waals surface area contributed by atoms with Gasteiger partial charge in [-0.25, -0.2) is 4.79 Å². The summed E-state index contributed by atoms with van der Waals surface area (Å²) >= 11 is 0. The molecule has 0 saturated heterocycles. The molecule has 0 fully saturated rings. The summed E-state index contributed by atoms with van der Waals surface area (Å²) < 4.78 is 10.3. The van der Waals surface area contributed by atoms with E-state index in [-0.39, 0.29) is 18.3 Å². The van der Waals surface area contributed by atoms with E-state index >= 15 is 0 Å². The first-order chi connectivity index (χ1) is 10.3. The van der Waals surface area contributed by atoms with E-state index in [4.69, 9.17) is 9.26 Å². The molecule has 0 radical (unpaired) electrons. The first-order valence-electron chi connectivity index (χ1n) is 7.14. The molecule has 0 bridgehead atoms. The number of nitrogens with zero attached hydrogens (tertiary/aromatic N) is 1. The van der Waals surface area contributed by atoms with E-state index in [9.17, 15) is 9.59 Å². The second-order valence-corrected chi connectivity index (χ2v) is 5.65. The molecular formula is C16H20N2O4. The van der Waals surface area contributed by atoms with E-state index in [1.165, 1.54) is 0 Å². The van der Waals surface area contributed by atoms with Crippen LogP contribution in [0.3, 0.4) is 0 Å². The number of carbonyl (C=O) groups excluding carboxylic acids is 2. The van der Waals surface area contributed by atoms with Crippen LogP contribution < -0.4 is 0 Å². The Hall–Kier alpha value is -2.37.